The van der Waals surface area contributed by atoms with Crippen molar-refractivity contribution in [3.63, 3.8) is 0 Å². The molecule has 0 saturated heterocycles. The van der Waals surface area contributed by atoms with Crippen LogP contribution in [0.2, 0.25) is 0 Å². The molecule has 0 N–H and O–H groups in total. The average Bonchev–Trinajstić information content (AvgIpc) is 1.98. The Morgan fingerprint density at radius 2 is 3.00 bits per heavy atom. The Morgan fingerprint density at radius 1 is 2.17 bits per heavy atom. The van der Waals surface area contributed by atoms with Gasteiger partial charge >= 0.3 is 0 Å². The minimum Gasteiger partial charge on any atom is -0.300 e. The smallest absolute Gasteiger partial charge is 0.129 e. The first kappa shape index (κ1) is 0.575. The second kappa shape index (κ2) is 2.88. The standard InChI is InChI=1S/C5H10O/c1-3-4-5(2)6/h3-4H2,1-2H3/i1D3,2D3,3D2,4D2. The van der Waals surface area contributed by atoms with Crippen LogP contribution in [0.25, 0.3) is 0 Å². The van der Waals surface area contributed by atoms with E-state index < -0.39 is 32.2 Å². The molecule has 36 valence electrons. The van der Waals surface area contributed by atoms with Gasteiger partial charge < -0.3 is 4.79 Å². The van der Waals surface area contributed by atoms with Crippen molar-refractivity contribution in [1.29, 1.82) is 0 Å². The Balaban J connectivity index is 5.46. The molecule has 6 heavy (non-hydrogen) atoms. The molecule has 0 rings (SSSR count). The molecular weight excluding hydrogens is 76.1 g/mol. The average molecular weight is 96.2 g/mol. The lowest BCUT2D eigenvalue weighted by atomic mass is 10.3. The fourth-order valence-electron chi connectivity index (χ4n) is 0.0568. The van der Waals surface area contributed by atoms with E-state index in [-0.39, 0.29) is 0 Å². The molecule has 0 aliphatic carbocycles. The van der Waals surface area contributed by atoms with Crippen molar-refractivity contribution < 1.29 is 18.5 Å². The molecule has 0 saturated carbocycles. The molecule has 0 bridgehead atoms. The van der Waals surface area contributed by atoms with Crippen LogP contribution in [0, 0.1) is 0 Å². The quantitative estimate of drug-likeness (QED) is 0.507. The molecule has 0 unspecified atom stereocenters. The van der Waals surface area contributed by atoms with Crippen molar-refractivity contribution in [2.45, 2.75) is 26.4 Å². The third-order valence-corrected chi connectivity index (χ3v) is 0.176. The molecular formula is C5H10O. The van der Waals surface area contributed by atoms with Crippen LogP contribution < -0.4 is 0 Å². The van der Waals surface area contributed by atoms with Gasteiger partial charge in [-0.3, -0.25) is 0 Å². The van der Waals surface area contributed by atoms with Crippen LogP contribution in [0.4, 0.5) is 0 Å². The maximum atomic E-state index is 11.2. The van der Waals surface area contributed by atoms with E-state index >= 15 is 0 Å². The number of rotatable bonds is 2. The van der Waals surface area contributed by atoms with E-state index in [4.69, 9.17) is 13.7 Å². The molecule has 0 aliphatic heterocycles. The Bertz CT molecular complexity index is 283. The molecule has 0 radical (unpaired) electrons. The highest BCUT2D eigenvalue weighted by molar-refractivity contribution is 5.75. The molecule has 0 heterocycles. The van der Waals surface area contributed by atoms with Crippen molar-refractivity contribution in [3.05, 3.63) is 0 Å². The first-order chi connectivity index (χ1) is 6.65. The topological polar surface area (TPSA) is 17.1 Å². The zero-order valence-electron chi connectivity index (χ0n) is 12.9. The first-order valence-corrected chi connectivity index (χ1v) is 1.20. The van der Waals surface area contributed by atoms with Crippen LogP contribution >= 0.6 is 0 Å². The molecule has 1 nitrogen and oxygen atoms in total. The molecule has 0 amide bonds. The van der Waals surface area contributed by atoms with Crippen LogP contribution in [0.1, 0.15) is 40.2 Å². The van der Waals surface area contributed by atoms with Crippen molar-refractivity contribution in [1.82, 2.24) is 0 Å². The van der Waals surface area contributed by atoms with Gasteiger partial charge in [0.1, 0.15) is 5.78 Å². The minimum absolute atomic E-state index is 2.05. The summed E-state index contributed by atoms with van der Waals surface area (Å²) in [6.07, 6.45) is -7.17. The van der Waals surface area contributed by atoms with E-state index in [1.165, 1.54) is 0 Å². The zero-order valence-corrected chi connectivity index (χ0v) is 2.91. The summed E-state index contributed by atoms with van der Waals surface area (Å²) in [5.41, 5.74) is 0. The van der Waals surface area contributed by atoms with Gasteiger partial charge in [-0.05, 0) is 13.2 Å². The number of hydrogen-bond donors (Lipinski definition) is 0. The number of ketones is 1. The normalized spacial score (nSPS) is 42.0. The SMILES string of the molecule is [2H]C([2H])([2H])C(=O)C([2H])([2H])C([2H])([2H])C([2H])([2H])[2H]. The van der Waals surface area contributed by atoms with Gasteiger partial charge in [0.05, 0.1) is 0 Å². The Morgan fingerprint density at radius 3 is 3.50 bits per heavy atom. The summed E-state index contributed by atoms with van der Waals surface area (Å²) >= 11 is 0. The lowest BCUT2D eigenvalue weighted by Gasteiger charge is -1.80. The van der Waals surface area contributed by atoms with Gasteiger partial charge in [-0.1, -0.05) is 6.85 Å². The fraction of sp³-hybridized carbons (Fsp3) is 0.800. The Labute approximate surface area is 52.4 Å². The molecule has 0 aromatic carbocycles. The van der Waals surface area contributed by atoms with Crippen LogP contribution in [0.15, 0.2) is 0 Å². The van der Waals surface area contributed by atoms with Crippen molar-refractivity contribution in [2.75, 3.05) is 0 Å². The van der Waals surface area contributed by atoms with Gasteiger partial charge in [-0.25, -0.2) is 0 Å². The Kier molecular flexibility index (Phi) is 0.276. The first-order valence-electron chi connectivity index (χ1n) is 6.20. The summed E-state index contributed by atoms with van der Waals surface area (Å²) in [6.45, 7) is -6.82. The van der Waals surface area contributed by atoms with Crippen LogP contribution in [0.5, 0.6) is 0 Å². The summed E-state index contributed by atoms with van der Waals surface area (Å²) in [6, 6.07) is 0. The van der Waals surface area contributed by atoms with E-state index in [0.717, 1.165) is 0 Å². The van der Waals surface area contributed by atoms with Gasteiger partial charge in [-0.15, -0.1) is 0 Å². The second-order valence-electron chi connectivity index (χ2n) is 0.579. The van der Waals surface area contributed by atoms with E-state index in [0.29, 0.717) is 0 Å². The highest BCUT2D eigenvalue weighted by Crippen LogP contribution is 1.84. The minimum atomic E-state index is -3.61. The highest BCUT2D eigenvalue weighted by atomic mass is 16.1. The molecule has 0 atom stereocenters. The largest absolute Gasteiger partial charge is 0.300 e. The zero-order chi connectivity index (χ0) is 13.6. The van der Waals surface area contributed by atoms with Gasteiger partial charge in [0.15, 0.2) is 0 Å². The van der Waals surface area contributed by atoms with Gasteiger partial charge in [0.25, 0.3) is 0 Å². The molecule has 0 aromatic heterocycles. The van der Waals surface area contributed by atoms with Crippen molar-refractivity contribution >= 4 is 5.78 Å². The monoisotopic (exact) mass is 96.1 g/mol. The maximum Gasteiger partial charge on any atom is 0.129 e. The van der Waals surface area contributed by atoms with Crippen molar-refractivity contribution in [2.24, 2.45) is 0 Å². The van der Waals surface area contributed by atoms with Gasteiger partial charge in [0, 0.05) is 20.1 Å². The van der Waals surface area contributed by atoms with E-state index in [1.54, 1.807) is 0 Å². The maximum absolute atomic E-state index is 11.2. The summed E-state index contributed by atoms with van der Waals surface area (Å²) in [5.74, 6) is -2.05. The molecule has 1 heteroatoms. The van der Waals surface area contributed by atoms with Crippen LogP contribution in [-0.2, 0) is 4.79 Å². The van der Waals surface area contributed by atoms with Gasteiger partial charge in [0.2, 0.25) is 0 Å². The molecule has 0 spiro atoms. The predicted molar refractivity (Wildman–Crippen MR) is 25.6 cm³/mol. The van der Waals surface area contributed by atoms with Crippen LogP contribution in [0.3, 0.4) is 0 Å². The summed E-state index contributed by atoms with van der Waals surface area (Å²) in [5, 5.41) is 0. The number of Topliss-reactive ketones (excluding diaryl/α,β-unsaturated/α-hetero) is 1. The predicted octanol–water partition coefficient (Wildman–Crippen LogP) is 1.38. The second-order valence-corrected chi connectivity index (χ2v) is 0.579. The third kappa shape index (κ3) is 3.67. The summed E-state index contributed by atoms with van der Waals surface area (Å²) in [7, 11) is 0. The highest BCUT2D eigenvalue weighted by Gasteiger charge is 1.83. The van der Waals surface area contributed by atoms with Crippen molar-refractivity contribution in [3.8, 4) is 0 Å². The number of carbonyl (C=O) groups excluding carboxylic acids is 1. The fourth-order valence-corrected chi connectivity index (χ4v) is 0.0568. The van der Waals surface area contributed by atoms with Gasteiger partial charge in [-0.2, -0.15) is 0 Å². The van der Waals surface area contributed by atoms with E-state index in [9.17, 15) is 4.79 Å². The molecule has 0 aliphatic rings. The van der Waals surface area contributed by atoms with E-state index in [2.05, 4.69) is 0 Å². The summed E-state index contributed by atoms with van der Waals surface area (Å²) < 4.78 is 68.6. The Hall–Kier alpha value is -0.330. The summed E-state index contributed by atoms with van der Waals surface area (Å²) in [4.78, 5) is 11.2. The van der Waals surface area contributed by atoms with Crippen LogP contribution in [-0.4, -0.2) is 5.78 Å². The number of carbonyl (C=O) groups is 1. The molecule has 0 fully saturated rings. The molecule has 0 aromatic rings. The van der Waals surface area contributed by atoms with E-state index in [1.807, 2.05) is 0 Å². The lowest BCUT2D eigenvalue weighted by molar-refractivity contribution is -0.117. The lowest BCUT2D eigenvalue weighted by Crippen LogP contribution is -1.84. The third-order valence-electron chi connectivity index (χ3n) is 0.176. The number of hydrogen-bond acceptors (Lipinski definition) is 1.